The monoisotopic (exact) mass is 309 g/mol. The third kappa shape index (κ3) is 2.58. The Balaban J connectivity index is 2.34. The van der Waals surface area contributed by atoms with E-state index in [9.17, 15) is 13.5 Å². The van der Waals surface area contributed by atoms with Crippen molar-refractivity contribution in [2.24, 2.45) is 5.92 Å². The molecule has 1 N–H and O–H groups in total. The van der Waals surface area contributed by atoms with Crippen molar-refractivity contribution in [3.05, 3.63) is 16.5 Å². The van der Waals surface area contributed by atoms with Gasteiger partial charge in [-0.05, 0) is 30.9 Å². The highest BCUT2D eigenvalue weighted by molar-refractivity contribution is 7.91. The summed E-state index contributed by atoms with van der Waals surface area (Å²) in [5.41, 5.74) is 0. The molecule has 18 heavy (non-hydrogen) atoms. The largest absolute Gasteiger partial charge is 0.395 e. The molecule has 0 amide bonds. The maximum Gasteiger partial charge on any atom is 0.252 e. The fraction of sp³-hybridized carbons (Fsp3) is 0.636. The van der Waals surface area contributed by atoms with Crippen LogP contribution in [0, 0.1) is 5.92 Å². The zero-order valence-electron chi connectivity index (χ0n) is 10.0. The van der Waals surface area contributed by atoms with Crippen molar-refractivity contribution in [3.8, 4) is 0 Å². The van der Waals surface area contributed by atoms with Gasteiger partial charge in [0, 0.05) is 6.54 Å². The Kier molecular flexibility index (Phi) is 4.33. The van der Waals surface area contributed by atoms with Gasteiger partial charge < -0.3 is 5.11 Å². The van der Waals surface area contributed by atoms with Crippen LogP contribution in [-0.2, 0) is 10.0 Å². The summed E-state index contributed by atoms with van der Waals surface area (Å²) in [6, 6.07) is 2.78. The number of hydrogen-bond donors (Lipinski definition) is 1. The molecule has 2 rings (SSSR count). The number of piperidine rings is 1. The van der Waals surface area contributed by atoms with Crippen LogP contribution in [0.4, 0.5) is 0 Å². The SMILES string of the molecule is CC1CCCN(S(=O)(=O)c2ccc(Cl)s2)C1CO. The Morgan fingerprint density at radius 1 is 1.56 bits per heavy atom. The van der Waals surface area contributed by atoms with Gasteiger partial charge in [0.05, 0.1) is 17.0 Å². The van der Waals surface area contributed by atoms with E-state index in [0.29, 0.717) is 10.9 Å². The van der Waals surface area contributed by atoms with E-state index in [1.165, 1.54) is 10.4 Å². The second-order valence-electron chi connectivity index (χ2n) is 4.54. The number of aliphatic hydroxyl groups is 1. The Morgan fingerprint density at radius 3 is 2.83 bits per heavy atom. The van der Waals surface area contributed by atoms with Crippen LogP contribution in [-0.4, -0.2) is 37.0 Å². The van der Waals surface area contributed by atoms with Gasteiger partial charge in [0.1, 0.15) is 4.21 Å². The summed E-state index contributed by atoms with van der Waals surface area (Å²) < 4.78 is 27.1. The molecule has 1 saturated heterocycles. The first-order chi connectivity index (χ1) is 8.46. The second kappa shape index (κ2) is 5.46. The number of thiophene rings is 1. The van der Waals surface area contributed by atoms with Crippen molar-refractivity contribution in [1.82, 2.24) is 4.31 Å². The molecule has 1 fully saturated rings. The highest BCUT2D eigenvalue weighted by atomic mass is 35.5. The molecule has 102 valence electrons. The summed E-state index contributed by atoms with van der Waals surface area (Å²) in [6.07, 6.45) is 1.78. The van der Waals surface area contributed by atoms with Gasteiger partial charge in [0.15, 0.2) is 0 Å². The molecule has 1 aliphatic heterocycles. The van der Waals surface area contributed by atoms with Gasteiger partial charge in [0.25, 0.3) is 10.0 Å². The lowest BCUT2D eigenvalue weighted by Gasteiger charge is -2.37. The molecule has 2 unspecified atom stereocenters. The molecule has 0 spiro atoms. The molecule has 4 nitrogen and oxygen atoms in total. The van der Waals surface area contributed by atoms with E-state index in [1.54, 1.807) is 6.07 Å². The minimum atomic E-state index is -3.53. The van der Waals surface area contributed by atoms with Gasteiger partial charge in [-0.15, -0.1) is 11.3 Å². The number of nitrogens with zero attached hydrogens (tertiary/aromatic N) is 1. The fourth-order valence-corrected chi connectivity index (χ4v) is 5.70. The van der Waals surface area contributed by atoms with E-state index in [1.807, 2.05) is 6.92 Å². The van der Waals surface area contributed by atoms with Crippen LogP contribution in [0.5, 0.6) is 0 Å². The summed E-state index contributed by atoms with van der Waals surface area (Å²) in [5.74, 6) is 0.175. The summed E-state index contributed by atoms with van der Waals surface area (Å²) in [6.45, 7) is 2.30. The average molecular weight is 310 g/mol. The third-order valence-electron chi connectivity index (χ3n) is 3.36. The zero-order valence-corrected chi connectivity index (χ0v) is 12.4. The summed E-state index contributed by atoms with van der Waals surface area (Å²) in [7, 11) is -3.53. The van der Waals surface area contributed by atoms with Crippen molar-refractivity contribution in [1.29, 1.82) is 0 Å². The van der Waals surface area contributed by atoms with Crippen molar-refractivity contribution >= 4 is 33.0 Å². The molecule has 2 atom stereocenters. The first-order valence-corrected chi connectivity index (χ1v) is 8.48. The summed E-state index contributed by atoms with van der Waals surface area (Å²) in [4.78, 5) is 0. The van der Waals surface area contributed by atoms with Crippen molar-refractivity contribution in [3.63, 3.8) is 0 Å². The smallest absolute Gasteiger partial charge is 0.252 e. The molecule has 1 aliphatic rings. The van der Waals surface area contributed by atoms with E-state index in [4.69, 9.17) is 11.6 Å². The average Bonchev–Trinajstić information content (AvgIpc) is 2.76. The first kappa shape index (κ1) is 14.3. The van der Waals surface area contributed by atoms with Crippen LogP contribution in [0.2, 0.25) is 4.34 Å². The molecule has 0 saturated carbocycles. The van der Waals surface area contributed by atoms with Crippen LogP contribution in [0.3, 0.4) is 0 Å². The molecular weight excluding hydrogens is 294 g/mol. The number of hydrogen-bond acceptors (Lipinski definition) is 4. The van der Waals surface area contributed by atoms with Crippen LogP contribution in [0.1, 0.15) is 19.8 Å². The molecule has 0 aliphatic carbocycles. The van der Waals surface area contributed by atoms with Gasteiger partial charge in [-0.1, -0.05) is 18.5 Å². The lowest BCUT2D eigenvalue weighted by Crippen LogP contribution is -2.49. The van der Waals surface area contributed by atoms with E-state index in [0.717, 1.165) is 24.2 Å². The second-order valence-corrected chi connectivity index (χ2v) is 8.38. The van der Waals surface area contributed by atoms with Crippen LogP contribution in [0.15, 0.2) is 16.3 Å². The summed E-state index contributed by atoms with van der Waals surface area (Å²) >= 11 is 6.85. The molecule has 0 radical (unpaired) electrons. The lowest BCUT2D eigenvalue weighted by atomic mass is 9.93. The van der Waals surface area contributed by atoms with Crippen LogP contribution in [0.25, 0.3) is 0 Å². The number of sulfonamides is 1. The van der Waals surface area contributed by atoms with Gasteiger partial charge in [-0.2, -0.15) is 4.31 Å². The Bertz CT molecular complexity index is 514. The Labute approximate surface area is 116 Å². The molecule has 0 bridgehead atoms. The van der Waals surface area contributed by atoms with Gasteiger partial charge in [-0.25, -0.2) is 8.42 Å². The van der Waals surface area contributed by atoms with E-state index in [-0.39, 0.29) is 22.8 Å². The quantitative estimate of drug-likeness (QED) is 0.931. The Hall–Kier alpha value is -0.140. The zero-order chi connectivity index (χ0) is 13.3. The van der Waals surface area contributed by atoms with Crippen molar-refractivity contribution in [2.75, 3.05) is 13.2 Å². The number of rotatable bonds is 3. The maximum atomic E-state index is 12.5. The lowest BCUT2D eigenvalue weighted by molar-refractivity contribution is 0.113. The highest BCUT2D eigenvalue weighted by Crippen LogP contribution is 2.33. The van der Waals surface area contributed by atoms with Crippen LogP contribution >= 0.6 is 22.9 Å². The van der Waals surface area contributed by atoms with Gasteiger partial charge in [0.2, 0.25) is 0 Å². The van der Waals surface area contributed by atoms with E-state index < -0.39 is 10.0 Å². The summed E-state index contributed by atoms with van der Waals surface area (Å²) in [5, 5.41) is 9.42. The fourth-order valence-electron chi connectivity index (χ4n) is 2.33. The normalized spacial score (nSPS) is 26.4. The molecular formula is C11H16ClNO3S2. The first-order valence-electron chi connectivity index (χ1n) is 5.85. The maximum absolute atomic E-state index is 12.5. The molecule has 1 aromatic heterocycles. The minimum absolute atomic E-state index is 0.139. The van der Waals surface area contributed by atoms with Crippen molar-refractivity contribution in [2.45, 2.75) is 30.0 Å². The van der Waals surface area contributed by atoms with E-state index in [2.05, 4.69) is 0 Å². The number of halogens is 1. The van der Waals surface area contributed by atoms with Gasteiger partial charge in [-0.3, -0.25) is 0 Å². The molecule has 1 aromatic rings. The standard InChI is InChI=1S/C11H16ClNO3S2/c1-8-3-2-6-13(9(8)7-14)18(15,16)11-5-4-10(12)17-11/h4-5,8-9,14H,2-3,6-7H2,1H3. The predicted molar refractivity (Wildman–Crippen MR) is 72.5 cm³/mol. The third-order valence-corrected chi connectivity index (χ3v) is 6.99. The molecule has 0 aromatic carbocycles. The Morgan fingerprint density at radius 2 is 2.28 bits per heavy atom. The van der Waals surface area contributed by atoms with Crippen LogP contribution < -0.4 is 0 Å². The van der Waals surface area contributed by atoms with Crippen molar-refractivity contribution < 1.29 is 13.5 Å². The highest BCUT2D eigenvalue weighted by Gasteiger charge is 2.37. The topological polar surface area (TPSA) is 57.6 Å². The van der Waals surface area contributed by atoms with E-state index >= 15 is 0 Å². The molecule has 7 heteroatoms. The van der Waals surface area contributed by atoms with Gasteiger partial charge >= 0.3 is 0 Å². The predicted octanol–water partition coefficient (Wildman–Crippen LogP) is 2.18. The number of aliphatic hydroxyl groups excluding tert-OH is 1. The molecule has 2 heterocycles. The minimum Gasteiger partial charge on any atom is -0.395 e.